The van der Waals surface area contributed by atoms with Gasteiger partial charge in [0.15, 0.2) is 0 Å². The molecule has 0 radical (unpaired) electrons. The van der Waals surface area contributed by atoms with Crippen LogP contribution in [0.5, 0.6) is 0 Å². The van der Waals surface area contributed by atoms with Crippen molar-refractivity contribution in [3.8, 4) is 6.07 Å². The van der Waals surface area contributed by atoms with Crippen LogP contribution < -0.4 is 21.5 Å². The molecule has 28 heavy (non-hydrogen) atoms. The summed E-state index contributed by atoms with van der Waals surface area (Å²) in [6.45, 7) is 3.51. The van der Waals surface area contributed by atoms with Gasteiger partial charge in [0.05, 0.1) is 5.52 Å². The van der Waals surface area contributed by atoms with E-state index in [-0.39, 0.29) is 5.56 Å². The smallest absolute Gasteiger partial charge is 0.331 e. The second-order valence-electron chi connectivity index (χ2n) is 7.02. The third-order valence-corrected chi connectivity index (χ3v) is 5.34. The molecular formula is C20H22N6O2. The maximum absolute atomic E-state index is 13.1. The van der Waals surface area contributed by atoms with Crippen LogP contribution >= 0.6 is 0 Å². The number of nitrogens with one attached hydrogen (secondary N) is 1. The number of anilines is 1. The predicted octanol–water partition coefficient (Wildman–Crippen LogP) is 0.368. The van der Waals surface area contributed by atoms with Crippen LogP contribution in [0.3, 0.4) is 0 Å². The highest BCUT2D eigenvalue weighted by atomic mass is 16.2. The van der Waals surface area contributed by atoms with E-state index in [1.165, 1.54) is 11.6 Å². The summed E-state index contributed by atoms with van der Waals surface area (Å²) in [7, 11) is 3.08. The van der Waals surface area contributed by atoms with Crippen LogP contribution in [0.15, 0.2) is 39.9 Å². The lowest BCUT2D eigenvalue weighted by molar-refractivity contribution is 0.576. The Kier molecular flexibility index (Phi) is 4.53. The van der Waals surface area contributed by atoms with Gasteiger partial charge in [-0.25, -0.2) is 4.79 Å². The molecule has 1 N–H and O–H groups in total. The molecule has 1 aromatic carbocycles. The number of hydrogen-bond acceptors (Lipinski definition) is 5. The van der Waals surface area contributed by atoms with E-state index in [1.807, 2.05) is 34.9 Å². The molecule has 144 valence electrons. The van der Waals surface area contributed by atoms with Gasteiger partial charge in [0.2, 0.25) is 0 Å². The number of benzene rings is 1. The van der Waals surface area contributed by atoms with E-state index in [4.69, 9.17) is 0 Å². The van der Waals surface area contributed by atoms with E-state index in [2.05, 4.69) is 16.3 Å². The Labute approximate surface area is 161 Å². The molecule has 8 heteroatoms. The Morgan fingerprint density at radius 3 is 2.36 bits per heavy atom. The van der Waals surface area contributed by atoms with E-state index in [0.29, 0.717) is 29.0 Å². The number of nitrogens with zero attached hydrogens (tertiary/aromatic N) is 5. The van der Waals surface area contributed by atoms with E-state index in [1.54, 1.807) is 7.05 Å². The number of hydrogen-bond donors (Lipinski definition) is 1. The minimum Gasteiger partial charge on any atom is -0.354 e. The zero-order chi connectivity index (χ0) is 19.8. The SMILES string of the molecule is Cn1c(=O)c2c(c(C#N)c(N3CCNCC3)n2Cc2ccccc2)n(C)c1=O. The second-order valence-corrected chi connectivity index (χ2v) is 7.02. The van der Waals surface area contributed by atoms with Crippen molar-refractivity contribution < 1.29 is 0 Å². The number of rotatable bonds is 3. The van der Waals surface area contributed by atoms with Gasteiger partial charge in [-0.15, -0.1) is 0 Å². The highest BCUT2D eigenvalue weighted by Crippen LogP contribution is 2.31. The fourth-order valence-corrected chi connectivity index (χ4v) is 3.93. The Morgan fingerprint density at radius 1 is 1.04 bits per heavy atom. The quantitative estimate of drug-likeness (QED) is 0.711. The van der Waals surface area contributed by atoms with Crippen LogP contribution in [-0.2, 0) is 20.6 Å². The minimum atomic E-state index is -0.433. The van der Waals surface area contributed by atoms with Crippen molar-refractivity contribution >= 4 is 16.9 Å². The number of aryl methyl sites for hydroxylation is 1. The van der Waals surface area contributed by atoms with Gasteiger partial charge in [-0.05, 0) is 5.56 Å². The summed E-state index contributed by atoms with van der Waals surface area (Å²) < 4.78 is 4.41. The molecular weight excluding hydrogens is 356 g/mol. The third kappa shape index (κ3) is 2.72. The zero-order valence-electron chi connectivity index (χ0n) is 16.0. The maximum atomic E-state index is 13.1. The number of fused-ring (bicyclic) bond motifs is 1. The molecule has 0 bridgehead atoms. The Bertz CT molecular complexity index is 1190. The largest absolute Gasteiger partial charge is 0.354 e. The van der Waals surface area contributed by atoms with Crippen LogP contribution in [0.1, 0.15) is 11.1 Å². The van der Waals surface area contributed by atoms with Crippen molar-refractivity contribution in [1.82, 2.24) is 19.0 Å². The summed E-state index contributed by atoms with van der Waals surface area (Å²) in [5.41, 5.74) is 1.38. The first kappa shape index (κ1) is 18.1. The molecule has 0 aliphatic carbocycles. The van der Waals surface area contributed by atoms with Gasteiger partial charge in [0.25, 0.3) is 5.56 Å². The van der Waals surface area contributed by atoms with E-state index in [0.717, 1.165) is 36.3 Å². The van der Waals surface area contributed by atoms with Crippen LogP contribution in [0.2, 0.25) is 0 Å². The first-order valence-corrected chi connectivity index (χ1v) is 9.26. The average Bonchev–Trinajstić information content (AvgIpc) is 3.06. The molecule has 1 aliphatic rings. The summed E-state index contributed by atoms with van der Waals surface area (Å²) in [5, 5.41) is 13.3. The average molecular weight is 378 g/mol. The summed E-state index contributed by atoms with van der Waals surface area (Å²) >= 11 is 0. The fraction of sp³-hybridized carbons (Fsp3) is 0.350. The number of aromatic nitrogens is 3. The van der Waals surface area contributed by atoms with Gasteiger partial charge in [0.1, 0.15) is 23.0 Å². The van der Waals surface area contributed by atoms with Crippen molar-refractivity contribution in [3.05, 3.63) is 62.3 Å². The second kappa shape index (κ2) is 7.02. The van der Waals surface area contributed by atoms with Crippen LogP contribution in [-0.4, -0.2) is 39.9 Å². The lowest BCUT2D eigenvalue weighted by atomic mass is 10.2. The lowest BCUT2D eigenvalue weighted by Gasteiger charge is -2.30. The van der Waals surface area contributed by atoms with Gasteiger partial charge in [-0.1, -0.05) is 30.3 Å². The number of nitriles is 1. The van der Waals surface area contributed by atoms with Crippen molar-refractivity contribution in [3.63, 3.8) is 0 Å². The topological polar surface area (TPSA) is 88.0 Å². The van der Waals surface area contributed by atoms with E-state index >= 15 is 0 Å². The van der Waals surface area contributed by atoms with Crippen LogP contribution in [0, 0.1) is 11.3 Å². The molecule has 3 aromatic rings. The molecule has 1 aliphatic heterocycles. The molecule has 3 heterocycles. The molecule has 1 saturated heterocycles. The summed E-state index contributed by atoms with van der Waals surface area (Å²) in [4.78, 5) is 27.7. The molecule has 4 rings (SSSR count). The molecule has 0 amide bonds. The van der Waals surface area contributed by atoms with Gasteiger partial charge < -0.3 is 14.8 Å². The van der Waals surface area contributed by atoms with Crippen molar-refractivity contribution in [2.24, 2.45) is 14.1 Å². The van der Waals surface area contributed by atoms with Crippen molar-refractivity contribution in [2.45, 2.75) is 6.54 Å². The summed E-state index contributed by atoms with van der Waals surface area (Å²) in [6.07, 6.45) is 0. The standard InChI is InChI=1S/C20H22N6O2/c1-23-16-15(12-21)18(25-10-8-22-9-11-25)26(13-14-6-4-3-5-7-14)17(16)19(27)24(2)20(23)28/h3-7,22H,8-11,13H2,1-2H3. The molecule has 0 unspecified atom stereocenters. The number of piperazine rings is 1. The van der Waals surface area contributed by atoms with E-state index in [9.17, 15) is 14.9 Å². The highest BCUT2D eigenvalue weighted by molar-refractivity contribution is 5.90. The van der Waals surface area contributed by atoms with Gasteiger partial charge in [0, 0.05) is 46.8 Å². The van der Waals surface area contributed by atoms with Crippen LogP contribution in [0.4, 0.5) is 5.82 Å². The summed E-state index contributed by atoms with van der Waals surface area (Å²) in [6, 6.07) is 12.1. The molecule has 1 fully saturated rings. The molecule has 0 spiro atoms. The summed E-state index contributed by atoms with van der Waals surface area (Å²) in [5.74, 6) is 0.709. The maximum Gasteiger partial charge on any atom is 0.331 e. The first-order valence-electron chi connectivity index (χ1n) is 9.26. The highest BCUT2D eigenvalue weighted by Gasteiger charge is 2.28. The zero-order valence-corrected chi connectivity index (χ0v) is 16.0. The fourth-order valence-electron chi connectivity index (χ4n) is 3.93. The molecule has 2 aromatic heterocycles. The third-order valence-electron chi connectivity index (χ3n) is 5.34. The normalized spacial score (nSPS) is 14.4. The molecule has 8 nitrogen and oxygen atoms in total. The van der Waals surface area contributed by atoms with Crippen LogP contribution in [0.25, 0.3) is 11.0 Å². The predicted molar refractivity (Wildman–Crippen MR) is 108 cm³/mol. The van der Waals surface area contributed by atoms with Gasteiger partial charge >= 0.3 is 5.69 Å². The van der Waals surface area contributed by atoms with E-state index < -0.39 is 5.69 Å². The van der Waals surface area contributed by atoms with Crippen molar-refractivity contribution in [1.29, 1.82) is 5.26 Å². The van der Waals surface area contributed by atoms with Crippen molar-refractivity contribution in [2.75, 3.05) is 31.1 Å². The first-order chi connectivity index (χ1) is 13.5. The van der Waals surface area contributed by atoms with Gasteiger partial charge in [-0.2, -0.15) is 5.26 Å². The Balaban J connectivity index is 2.10. The van der Waals surface area contributed by atoms with Gasteiger partial charge in [-0.3, -0.25) is 13.9 Å². The minimum absolute atomic E-state index is 0.380. The lowest BCUT2D eigenvalue weighted by Crippen LogP contribution is -2.44. The Hall–Kier alpha value is -3.31. The Morgan fingerprint density at radius 2 is 1.71 bits per heavy atom. The molecule has 0 saturated carbocycles. The monoisotopic (exact) mass is 378 g/mol. The molecule has 0 atom stereocenters.